The Morgan fingerprint density at radius 1 is 0.953 bits per heavy atom. The van der Waals surface area contributed by atoms with Crippen LogP contribution in [0.1, 0.15) is 43.2 Å². The molecule has 0 spiro atoms. The SMILES string of the molecule is CS(=O)(=O)N(CC(=O)N(Cc1ccc(Cl)cc1Cl)C(Cc1ccccc1)C(=O)NC1CCCCC1)c1ccc(F)c(Cl)c1. The van der Waals surface area contributed by atoms with Gasteiger partial charge in [0.15, 0.2) is 0 Å². The summed E-state index contributed by atoms with van der Waals surface area (Å²) in [5.74, 6) is -1.73. The third-order valence-corrected chi connectivity index (χ3v) is 9.47. The Morgan fingerprint density at radius 3 is 2.28 bits per heavy atom. The fourth-order valence-electron chi connectivity index (χ4n) is 5.19. The maximum Gasteiger partial charge on any atom is 0.244 e. The van der Waals surface area contributed by atoms with E-state index >= 15 is 0 Å². The molecule has 4 rings (SSSR count). The molecule has 43 heavy (non-hydrogen) atoms. The molecule has 0 aliphatic heterocycles. The summed E-state index contributed by atoms with van der Waals surface area (Å²) in [7, 11) is -4.03. The number of hydrogen-bond donors (Lipinski definition) is 1. The molecule has 230 valence electrons. The van der Waals surface area contributed by atoms with E-state index in [2.05, 4.69) is 5.32 Å². The summed E-state index contributed by atoms with van der Waals surface area (Å²) < 4.78 is 40.5. The first-order chi connectivity index (χ1) is 20.4. The summed E-state index contributed by atoms with van der Waals surface area (Å²) >= 11 is 18.6. The molecule has 1 unspecified atom stereocenters. The molecule has 12 heteroatoms. The number of nitrogens with zero attached hydrogens (tertiary/aromatic N) is 2. The van der Waals surface area contributed by atoms with Crippen LogP contribution in [-0.4, -0.2) is 50.0 Å². The summed E-state index contributed by atoms with van der Waals surface area (Å²) in [6.45, 7) is -0.750. The molecule has 7 nitrogen and oxygen atoms in total. The minimum absolute atomic E-state index is 0.0120. The van der Waals surface area contributed by atoms with Crippen molar-refractivity contribution in [1.29, 1.82) is 0 Å². The minimum atomic E-state index is -4.03. The maximum absolute atomic E-state index is 14.2. The van der Waals surface area contributed by atoms with Crippen LogP contribution in [-0.2, 0) is 32.6 Å². The number of halogens is 4. The van der Waals surface area contributed by atoms with Crippen molar-refractivity contribution in [3.8, 4) is 0 Å². The Balaban J connectivity index is 1.75. The van der Waals surface area contributed by atoms with Gasteiger partial charge in [0.2, 0.25) is 21.8 Å². The fraction of sp³-hybridized carbons (Fsp3) is 0.355. The molecular formula is C31H33Cl3FN3O4S. The zero-order valence-corrected chi connectivity index (χ0v) is 26.7. The van der Waals surface area contributed by atoms with Gasteiger partial charge in [-0.15, -0.1) is 0 Å². The van der Waals surface area contributed by atoms with E-state index in [-0.39, 0.29) is 35.6 Å². The second kappa shape index (κ2) is 14.8. The first-order valence-electron chi connectivity index (χ1n) is 13.9. The maximum atomic E-state index is 14.2. The molecular weight excluding hydrogens is 636 g/mol. The number of rotatable bonds is 11. The van der Waals surface area contributed by atoms with Crippen LogP contribution in [0.15, 0.2) is 66.7 Å². The minimum Gasteiger partial charge on any atom is -0.352 e. The lowest BCUT2D eigenvalue weighted by atomic mass is 9.94. The number of benzene rings is 3. The number of carbonyl (C=O) groups is 2. The summed E-state index contributed by atoms with van der Waals surface area (Å²) in [6.07, 6.45) is 5.91. The molecule has 0 saturated heterocycles. The quantitative estimate of drug-likeness (QED) is 0.248. The molecule has 1 atom stereocenters. The largest absolute Gasteiger partial charge is 0.352 e. The van der Waals surface area contributed by atoms with Crippen molar-refractivity contribution >= 4 is 62.3 Å². The Labute approximate surface area is 267 Å². The molecule has 1 N–H and O–H groups in total. The van der Waals surface area contributed by atoms with E-state index in [9.17, 15) is 22.4 Å². The van der Waals surface area contributed by atoms with Crippen molar-refractivity contribution in [3.05, 3.63) is 98.7 Å². The van der Waals surface area contributed by atoms with Gasteiger partial charge in [-0.05, 0) is 54.3 Å². The van der Waals surface area contributed by atoms with Gasteiger partial charge in [0.05, 0.1) is 17.0 Å². The average Bonchev–Trinajstić information content (AvgIpc) is 2.96. The highest BCUT2D eigenvalue weighted by Crippen LogP contribution is 2.27. The van der Waals surface area contributed by atoms with Crippen molar-refractivity contribution in [2.75, 3.05) is 17.1 Å². The number of hydrogen-bond acceptors (Lipinski definition) is 4. The van der Waals surface area contributed by atoms with Crippen LogP contribution in [0, 0.1) is 5.82 Å². The first-order valence-corrected chi connectivity index (χ1v) is 16.9. The van der Waals surface area contributed by atoms with Gasteiger partial charge < -0.3 is 10.2 Å². The van der Waals surface area contributed by atoms with Gasteiger partial charge >= 0.3 is 0 Å². The molecule has 2 amide bonds. The van der Waals surface area contributed by atoms with Gasteiger partial charge in [-0.3, -0.25) is 13.9 Å². The summed E-state index contributed by atoms with van der Waals surface area (Å²) in [5.41, 5.74) is 1.35. The highest BCUT2D eigenvalue weighted by atomic mass is 35.5. The van der Waals surface area contributed by atoms with E-state index in [1.165, 1.54) is 11.0 Å². The summed E-state index contributed by atoms with van der Waals surface area (Å²) in [4.78, 5) is 29.5. The summed E-state index contributed by atoms with van der Waals surface area (Å²) in [5, 5.41) is 3.54. The van der Waals surface area contributed by atoms with Gasteiger partial charge in [0.1, 0.15) is 18.4 Å². The predicted molar refractivity (Wildman–Crippen MR) is 170 cm³/mol. The van der Waals surface area contributed by atoms with Crippen LogP contribution >= 0.6 is 34.8 Å². The Kier molecular flexibility index (Phi) is 11.3. The molecule has 0 radical (unpaired) electrons. The zero-order chi connectivity index (χ0) is 31.1. The lowest BCUT2D eigenvalue weighted by molar-refractivity contribution is -0.140. The van der Waals surface area contributed by atoms with Crippen molar-refractivity contribution in [1.82, 2.24) is 10.2 Å². The first kappa shape index (κ1) is 33.1. The molecule has 3 aromatic carbocycles. The van der Waals surface area contributed by atoms with Gasteiger partial charge in [-0.25, -0.2) is 12.8 Å². The molecule has 3 aromatic rings. The van der Waals surface area contributed by atoms with E-state index in [4.69, 9.17) is 34.8 Å². The van der Waals surface area contributed by atoms with E-state index in [0.29, 0.717) is 15.6 Å². The van der Waals surface area contributed by atoms with E-state index in [1.807, 2.05) is 30.3 Å². The second-order valence-electron chi connectivity index (χ2n) is 10.7. The number of amides is 2. The Hall–Kier alpha value is -2.85. The highest BCUT2D eigenvalue weighted by Gasteiger charge is 2.34. The van der Waals surface area contributed by atoms with Gasteiger partial charge in [-0.1, -0.05) is 90.5 Å². The average molecular weight is 669 g/mol. The Bertz CT molecular complexity index is 1550. The fourth-order valence-corrected chi connectivity index (χ4v) is 6.67. The van der Waals surface area contributed by atoms with E-state index in [1.54, 1.807) is 18.2 Å². The van der Waals surface area contributed by atoms with Crippen molar-refractivity contribution in [3.63, 3.8) is 0 Å². The van der Waals surface area contributed by atoms with Crippen LogP contribution < -0.4 is 9.62 Å². The van der Waals surface area contributed by atoms with Crippen LogP contribution in [0.5, 0.6) is 0 Å². The van der Waals surface area contributed by atoms with Crippen molar-refractivity contribution in [2.24, 2.45) is 0 Å². The number of anilines is 1. The van der Waals surface area contributed by atoms with E-state index in [0.717, 1.165) is 60.4 Å². The lowest BCUT2D eigenvalue weighted by Gasteiger charge is -2.35. The highest BCUT2D eigenvalue weighted by molar-refractivity contribution is 7.92. The zero-order valence-electron chi connectivity index (χ0n) is 23.6. The van der Waals surface area contributed by atoms with Crippen molar-refractivity contribution < 1.29 is 22.4 Å². The van der Waals surface area contributed by atoms with Gasteiger partial charge in [-0.2, -0.15) is 0 Å². The molecule has 1 aliphatic carbocycles. The third kappa shape index (κ3) is 9.08. The van der Waals surface area contributed by atoms with Crippen LogP contribution in [0.25, 0.3) is 0 Å². The van der Waals surface area contributed by atoms with Crippen LogP contribution in [0.4, 0.5) is 10.1 Å². The van der Waals surface area contributed by atoms with E-state index < -0.39 is 34.3 Å². The van der Waals surface area contributed by atoms with Gasteiger partial charge in [0.25, 0.3) is 0 Å². The molecule has 0 heterocycles. The topological polar surface area (TPSA) is 86.8 Å². The van der Waals surface area contributed by atoms with Gasteiger partial charge in [0, 0.05) is 29.1 Å². The second-order valence-corrected chi connectivity index (χ2v) is 13.8. The summed E-state index contributed by atoms with van der Waals surface area (Å²) in [6, 6.07) is 16.5. The predicted octanol–water partition coefficient (Wildman–Crippen LogP) is 6.64. The molecule has 1 saturated carbocycles. The molecule has 1 fully saturated rings. The number of nitrogens with one attached hydrogen (secondary N) is 1. The monoisotopic (exact) mass is 667 g/mol. The lowest BCUT2D eigenvalue weighted by Crippen LogP contribution is -2.55. The third-order valence-electron chi connectivity index (χ3n) is 7.45. The molecule has 0 bridgehead atoms. The van der Waals surface area contributed by atoms with Crippen LogP contribution in [0.3, 0.4) is 0 Å². The normalized spacial score (nSPS) is 14.6. The number of carbonyl (C=O) groups excluding carboxylic acids is 2. The number of sulfonamides is 1. The Morgan fingerprint density at radius 2 is 1.65 bits per heavy atom. The van der Waals surface area contributed by atoms with Crippen molar-refractivity contribution in [2.45, 2.75) is 57.2 Å². The molecule has 1 aliphatic rings. The van der Waals surface area contributed by atoms with Crippen LogP contribution in [0.2, 0.25) is 15.1 Å². The smallest absolute Gasteiger partial charge is 0.244 e. The standard InChI is InChI=1S/C31H33Cl3FN3O4S/c1-43(41,42)38(25-14-15-28(35)27(34)18-25)20-30(39)37(19-22-12-13-23(32)17-26(22)33)29(16-21-8-4-2-5-9-21)31(40)36-24-10-6-3-7-11-24/h2,4-5,8-9,12-15,17-18,24,29H,3,6-7,10-11,16,19-20H2,1H3,(H,36,40). The molecule has 0 aromatic heterocycles.